The second kappa shape index (κ2) is 14.5. The number of aryl methyl sites for hydroxylation is 1. The van der Waals surface area contributed by atoms with Crippen LogP contribution < -0.4 is 9.64 Å². The topological polar surface area (TPSA) is 43.7 Å². The van der Waals surface area contributed by atoms with E-state index in [1.165, 1.54) is 32.1 Å². The number of hydrogen-bond donors (Lipinski definition) is 0. The van der Waals surface area contributed by atoms with Crippen molar-refractivity contribution >= 4 is 22.6 Å². The molecule has 0 bridgehead atoms. The summed E-state index contributed by atoms with van der Waals surface area (Å²) in [5, 5.41) is 1.08. The first kappa shape index (κ1) is 32.4. The average Bonchev–Trinajstić information content (AvgIpc) is 3.60. The molecule has 1 aliphatic heterocycles. The summed E-state index contributed by atoms with van der Waals surface area (Å²) in [7, 11) is 0. The second-order valence-corrected chi connectivity index (χ2v) is 12.4. The Labute approximate surface area is 280 Å². The predicted molar refractivity (Wildman–Crippen MR) is 194 cm³/mol. The van der Waals surface area contributed by atoms with Gasteiger partial charge in [-0.05, 0) is 57.0 Å². The zero-order valence-electron chi connectivity index (χ0n) is 28.4. The second-order valence-electron chi connectivity index (χ2n) is 12.4. The van der Waals surface area contributed by atoms with Crippen LogP contribution in [0.5, 0.6) is 5.75 Å². The summed E-state index contributed by atoms with van der Waals surface area (Å²) in [5.41, 5.74) is 6.46. The molecule has 1 atom stereocenters. The van der Waals surface area contributed by atoms with Gasteiger partial charge in [0.05, 0.1) is 17.9 Å². The molecule has 1 aliphatic rings. The first-order valence-electron chi connectivity index (χ1n) is 17.6. The maximum Gasteiger partial charge on any atom is 0.340 e. The highest BCUT2D eigenvalue weighted by molar-refractivity contribution is 6.01. The Morgan fingerprint density at radius 2 is 1.45 bits per heavy atom. The van der Waals surface area contributed by atoms with Crippen LogP contribution in [0.25, 0.3) is 22.2 Å². The first-order chi connectivity index (χ1) is 23.1. The number of unbranched alkanes of at least 4 members (excludes halogenated alkanes) is 5. The minimum absolute atomic E-state index is 0.317. The summed E-state index contributed by atoms with van der Waals surface area (Å²) < 4.78 is 15.8. The van der Waals surface area contributed by atoms with Crippen molar-refractivity contribution in [3.63, 3.8) is 0 Å². The normalized spacial score (nSPS) is 15.5. The van der Waals surface area contributed by atoms with Gasteiger partial charge in [-0.2, -0.15) is 0 Å². The SMILES string of the molecule is CCCCCCCCn1c(-c2ccccc2)c(C2(c3ccc(N(CC)CC)cc3OCC)OC(=O)c3ccccc32)c2ccccc21. The summed E-state index contributed by atoms with van der Waals surface area (Å²) in [6.07, 6.45) is 7.31. The Hall–Kier alpha value is -4.51. The smallest absolute Gasteiger partial charge is 0.340 e. The number of esters is 1. The van der Waals surface area contributed by atoms with Crippen molar-refractivity contribution in [1.29, 1.82) is 0 Å². The number of hydrogen-bond acceptors (Lipinski definition) is 4. The summed E-state index contributed by atoms with van der Waals surface area (Å²) in [6, 6.07) is 33.5. The van der Waals surface area contributed by atoms with E-state index in [4.69, 9.17) is 9.47 Å². The van der Waals surface area contributed by atoms with E-state index in [0.29, 0.717) is 12.2 Å². The molecule has 244 valence electrons. The van der Waals surface area contributed by atoms with Gasteiger partial charge in [-0.15, -0.1) is 0 Å². The van der Waals surface area contributed by atoms with Crippen molar-refractivity contribution in [3.8, 4) is 17.0 Å². The van der Waals surface area contributed by atoms with Gasteiger partial charge in [0.2, 0.25) is 0 Å². The van der Waals surface area contributed by atoms with E-state index in [1.807, 2.05) is 25.1 Å². The molecule has 47 heavy (non-hydrogen) atoms. The Morgan fingerprint density at radius 3 is 2.21 bits per heavy atom. The number of ether oxygens (including phenoxy) is 2. The van der Waals surface area contributed by atoms with Crippen molar-refractivity contribution in [2.45, 2.75) is 78.4 Å². The monoisotopic (exact) mass is 628 g/mol. The van der Waals surface area contributed by atoms with E-state index in [0.717, 1.165) is 76.3 Å². The summed E-state index contributed by atoms with van der Waals surface area (Å²) in [4.78, 5) is 16.3. The summed E-state index contributed by atoms with van der Waals surface area (Å²) in [5.74, 6) is 0.413. The number of para-hydroxylation sites is 1. The maximum atomic E-state index is 14.0. The molecule has 6 rings (SSSR count). The minimum Gasteiger partial charge on any atom is -0.493 e. The van der Waals surface area contributed by atoms with Crippen LogP contribution in [0, 0.1) is 0 Å². The number of carbonyl (C=O) groups excluding carboxylic acids is 1. The Morgan fingerprint density at radius 1 is 0.745 bits per heavy atom. The molecule has 4 aromatic carbocycles. The van der Waals surface area contributed by atoms with Gasteiger partial charge < -0.3 is 18.9 Å². The van der Waals surface area contributed by atoms with E-state index >= 15 is 0 Å². The highest BCUT2D eigenvalue weighted by Gasteiger charge is 2.53. The molecule has 5 nitrogen and oxygen atoms in total. The molecule has 0 radical (unpaired) electrons. The van der Waals surface area contributed by atoms with Gasteiger partial charge in [0.15, 0.2) is 5.60 Å². The molecule has 2 heterocycles. The molecule has 0 amide bonds. The fourth-order valence-electron chi connectivity index (χ4n) is 7.44. The molecule has 0 saturated carbocycles. The molecular formula is C42H48N2O3. The molecule has 0 N–H and O–H groups in total. The lowest BCUT2D eigenvalue weighted by Crippen LogP contribution is -2.31. The Kier molecular flexibility index (Phi) is 10.0. The molecule has 5 aromatic rings. The van der Waals surface area contributed by atoms with Crippen molar-refractivity contribution in [1.82, 2.24) is 4.57 Å². The van der Waals surface area contributed by atoms with Crippen LogP contribution in [0.3, 0.4) is 0 Å². The van der Waals surface area contributed by atoms with Crippen molar-refractivity contribution in [3.05, 3.63) is 119 Å². The summed E-state index contributed by atoms with van der Waals surface area (Å²) in [6.45, 7) is 11.7. The lowest BCUT2D eigenvalue weighted by atomic mass is 9.77. The predicted octanol–water partition coefficient (Wildman–Crippen LogP) is 10.4. The lowest BCUT2D eigenvalue weighted by molar-refractivity contribution is 0.0249. The van der Waals surface area contributed by atoms with Crippen molar-refractivity contribution in [2.24, 2.45) is 0 Å². The number of carbonyl (C=O) groups is 1. The van der Waals surface area contributed by atoms with E-state index in [1.54, 1.807) is 0 Å². The van der Waals surface area contributed by atoms with Gasteiger partial charge in [-0.25, -0.2) is 4.79 Å². The van der Waals surface area contributed by atoms with Crippen LogP contribution in [0.4, 0.5) is 5.69 Å². The first-order valence-corrected chi connectivity index (χ1v) is 17.6. The zero-order valence-corrected chi connectivity index (χ0v) is 28.4. The third kappa shape index (κ3) is 5.93. The van der Waals surface area contributed by atoms with Crippen molar-refractivity contribution < 1.29 is 14.3 Å². The van der Waals surface area contributed by atoms with E-state index in [2.05, 4.69) is 109 Å². The fourth-order valence-corrected chi connectivity index (χ4v) is 7.44. The largest absolute Gasteiger partial charge is 0.493 e. The minimum atomic E-state index is -1.23. The van der Waals surface area contributed by atoms with Crippen LogP contribution in [0.2, 0.25) is 0 Å². The molecule has 1 unspecified atom stereocenters. The number of benzene rings is 4. The van der Waals surface area contributed by atoms with Gasteiger partial charge in [0, 0.05) is 59.0 Å². The molecule has 0 aliphatic carbocycles. The standard InChI is InChI=1S/C42H48N2O3/c1-5-9-10-11-12-20-29-44-37-26-19-17-24-34(37)39(40(44)31-21-14-13-15-22-31)42(35-25-18-16-23-33(35)41(45)47-42)36-28-27-32(43(6-2)7-3)30-38(36)46-8-4/h13-19,21-28,30H,5-12,20,29H2,1-4H3. The molecule has 0 fully saturated rings. The number of rotatable bonds is 15. The fraction of sp³-hybridized carbons (Fsp3) is 0.357. The molecular weight excluding hydrogens is 580 g/mol. The van der Waals surface area contributed by atoms with Crippen LogP contribution >= 0.6 is 0 Å². The van der Waals surface area contributed by atoms with E-state index in [-0.39, 0.29) is 5.97 Å². The van der Waals surface area contributed by atoms with Crippen molar-refractivity contribution in [2.75, 3.05) is 24.6 Å². The van der Waals surface area contributed by atoms with Crippen LogP contribution in [0.1, 0.15) is 93.3 Å². The maximum absolute atomic E-state index is 14.0. The highest BCUT2D eigenvalue weighted by atomic mass is 16.6. The van der Waals surface area contributed by atoms with Gasteiger partial charge in [0.1, 0.15) is 5.75 Å². The molecule has 5 heteroatoms. The number of nitrogens with zero attached hydrogens (tertiary/aromatic N) is 2. The third-order valence-corrected chi connectivity index (χ3v) is 9.65. The van der Waals surface area contributed by atoms with Crippen LogP contribution in [-0.4, -0.2) is 30.2 Å². The lowest BCUT2D eigenvalue weighted by Gasteiger charge is -2.33. The van der Waals surface area contributed by atoms with Crippen LogP contribution in [-0.2, 0) is 16.9 Å². The number of cyclic esters (lactones) is 1. The Balaban J connectivity index is 1.67. The van der Waals surface area contributed by atoms with Gasteiger partial charge in [-0.1, -0.05) is 106 Å². The highest BCUT2D eigenvalue weighted by Crippen LogP contribution is 2.55. The number of fused-ring (bicyclic) bond motifs is 2. The molecule has 1 aromatic heterocycles. The quantitative estimate of drug-likeness (QED) is 0.0855. The molecule has 0 spiro atoms. The Bertz CT molecular complexity index is 1820. The average molecular weight is 629 g/mol. The number of anilines is 1. The van der Waals surface area contributed by atoms with E-state index < -0.39 is 5.60 Å². The van der Waals surface area contributed by atoms with Gasteiger partial charge >= 0.3 is 5.97 Å². The zero-order chi connectivity index (χ0) is 32.8. The van der Waals surface area contributed by atoms with Gasteiger partial charge in [0.25, 0.3) is 0 Å². The summed E-state index contributed by atoms with van der Waals surface area (Å²) >= 11 is 0. The van der Waals surface area contributed by atoms with E-state index in [9.17, 15) is 4.79 Å². The third-order valence-electron chi connectivity index (χ3n) is 9.65. The van der Waals surface area contributed by atoms with Gasteiger partial charge in [-0.3, -0.25) is 0 Å². The molecule has 0 saturated heterocycles. The van der Waals surface area contributed by atoms with Crippen LogP contribution in [0.15, 0.2) is 97.1 Å². The number of aromatic nitrogens is 1.